The van der Waals surface area contributed by atoms with Gasteiger partial charge in [-0.25, -0.2) is 20.0 Å². The topological polar surface area (TPSA) is 120 Å². The second kappa shape index (κ2) is 11.3. The maximum atomic E-state index is 12.6. The molecule has 1 aromatic rings. The minimum Gasteiger partial charge on any atom is -0.443 e. The zero-order valence-corrected chi connectivity index (χ0v) is 16.9. The molecule has 0 aromatic heterocycles. The Labute approximate surface area is 170 Å². The third-order valence-corrected chi connectivity index (χ3v) is 4.51. The molecule has 2 atom stereocenters. The lowest BCUT2D eigenvalue weighted by atomic mass is 9.99. The summed E-state index contributed by atoms with van der Waals surface area (Å²) in [5.74, 6) is -0.225. The van der Waals surface area contributed by atoms with Crippen molar-refractivity contribution in [3.63, 3.8) is 0 Å². The first-order valence-corrected chi connectivity index (χ1v) is 9.83. The summed E-state index contributed by atoms with van der Waals surface area (Å²) in [7, 11) is 0. The number of carbonyl (C=O) groups is 3. The fourth-order valence-electron chi connectivity index (χ4n) is 3.06. The van der Waals surface area contributed by atoms with Gasteiger partial charge in [0, 0.05) is 19.0 Å². The molecule has 4 amide bonds. The number of amides is 4. The van der Waals surface area contributed by atoms with Crippen LogP contribution in [0.15, 0.2) is 30.3 Å². The molecule has 160 valence electrons. The van der Waals surface area contributed by atoms with E-state index in [0.29, 0.717) is 19.4 Å². The van der Waals surface area contributed by atoms with E-state index in [1.807, 2.05) is 44.2 Å². The summed E-state index contributed by atoms with van der Waals surface area (Å²) in [5.41, 5.74) is 3.28. The smallest absolute Gasteiger partial charge is 0.426 e. The number of aliphatic hydroxyl groups is 1. The quantitative estimate of drug-likeness (QED) is 0.486. The van der Waals surface area contributed by atoms with E-state index in [4.69, 9.17) is 4.74 Å². The van der Waals surface area contributed by atoms with E-state index >= 15 is 0 Å². The van der Waals surface area contributed by atoms with Crippen molar-refractivity contribution in [1.82, 2.24) is 21.1 Å². The van der Waals surface area contributed by atoms with Crippen LogP contribution in [0, 0.1) is 11.8 Å². The number of benzene rings is 1. The lowest BCUT2D eigenvalue weighted by molar-refractivity contribution is -0.122. The highest BCUT2D eigenvalue weighted by Gasteiger charge is 2.29. The number of carbonyl (C=O) groups excluding carboxylic acids is 3. The van der Waals surface area contributed by atoms with Crippen LogP contribution in [0.4, 0.5) is 9.59 Å². The molecule has 2 unspecified atom stereocenters. The highest BCUT2D eigenvalue weighted by Crippen LogP contribution is 2.16. The van der Waals surface area contributed by atoms with Crippen LogP contribution in [0.25, 0.3) is 0 Å². The highest BCUT2D eigenvalue weighted by atomic mass is 16.6. The zero-order chi connectivity index (χ0) is 21.2. The number of rotatable bonds is 8. The third kappa shape index (κ3) is 7.61. The molecule has 0 aliphatic carbocycles. The van der Waals surface area contributed by atoms with Crippen molar-refractivity contribution in [1.29, 1.82) is 0 Å². The second-order valence-corrected chi connectivity index (χ2v) is 7.52. The molecule has 0 bridgehead atoms. The number of ether oxygens (including phenoxy) is 1. The Morgan fingerprint density at radius 1 is 1.31 bits per heavy atom. The molecule has 1 fully saturated rings. The molecule has 0 spiro atoms. The Kier molecular flexibility index (Phi) is 8.72. The lowest BCUT2D eigenvalue weighted by Gasteiger charge is -2.27. The van der Waals surface area contributed by atoms with E-state index < -0.39 is 18.2 Å². The predicted octanol–water partition coefficient (Wildman–Crippen LogP) is 1.38. The van der Waals surface area contributed by atoms with Crippen molar-refractivity contribution < 1.29 is 24.2 Å². The standard InChI is InChI=1S/C20H30N4O5/c1-14(2)11-24(23-20(28)29-13-15-6-4-3-5-7-15)19(27)22-17(12-25)10-16-8-9-21-18(16)26/h3-7,14,16-17,25H,8-13H2,1-2H3,(H,21,26)(H,22,27)(H,23,28). The van der Waals surface area contributed by atoms with Gasteiger partial charge in [-0.15, -0.1) is 0 Å². The van der Waals surface area contributed by atoms with Gasteiger partial charge in [0.1, 0.15) is 6.61 Å². The summed E-state index contributed by atoms with van der Waals surface area (Å²) in [4.78, 5) is 36.5. The maximum Gasteiger partial charge on any atom is 0.426 e. The van der Waals surface area contributed by atoms with E-state index in [1.165, 1.54) is 0 Å². The van der Waals surface area contributed by atoms with Gasteiger partial charge in [0.05, 0.1) is 12.6 Å². The van der Waals surface area contributed by atoms with Crippen molar-refractivity contribution in [3.8, 4) is 0 Å². The van der Waals surface area contributed by atoms with Crippen molar-refractivity contribution in [2.75, 3.05) is 19.7 Å². The summed E-state index contributed by atoms with van der Waals surface area (Å²) in [6.45, 7) is 4.45. The van der Waals surface area contributed by atoms with Crippen molar-refractivity contribution in [2.24, 2.45) is 11.8 Å². The monoisotopic (exact) mass is 406 g/mol. The number of hydrazine groups is 1. The molecule has 1 heterocycles. The van der Waals surface area contributed by atoms with Crippen LogP contribution in [-0.4, -0.2) is 53.9 Å². The number of hydrogen-bond donors (Lipinski definition) is 4. The van der Waals surface area contributed by atoms with Gasteiger partial charge in [-0.1, -0.05) is 44.2 Å². The van der Waals surface area contributed by atoms with Crippen molar-refractivity contribution in [2.45, 2.75) is 39.3 Å². The first-order valence-electron chi connectivity index (χ1n) is 9.83. The van der Waals surface area contributed by atoms with Crippen molar-refractivity contribution >= 4 is 18.0 Å². The van der Waals surface area contributed by atoms with Crippen LogP contribution >= 0.6 is 0 Å². The van der Waals surface area contributed by atoms with E-state index in [2.05, 4.69) is 16.1 Å². The Hall–Kier alpha value is -2.81. The molecule has 0 saturated carbocycles. The second-order valence-electron chi connectivity index (χ2n) is 7.52. The van der Waals surface area contributed by atoms with Crippen LogP contribution in [-0.2, 0) is 16.1 Å². The number of urea groups is 1. The average molecular weight is 406 g/mol. The summed E-state index contributed by atoms with van der Waals surface area (Å²) in [5, 5.41) is 16.2. The summed E-state index contributed by atoms with van der Waals surface area (Å²) in [6, 6.07) is 8.06. The molecule has 1 saturated heterocycles. The van der Waals surface area contributed by atoms with Gasteiger partial charge < -0.3 is 20.5 Å². The molecule has 4 N–H and O–H groups in total. The molecular formula is C20H30N4O5. The van der Waals surface area contributed by atoms with Gasteiger partial charge in [-0.05, 0) is 24.3 Å². The Morgan fingerprint density at radius 3 is 2.62 bits per heavy atom. The maximum absolute atomic E-state index is 12.6. The lowest BCUT2D eigenvalue weighted by Crippen LogP contribution is -2.55. The van der Waals surface area contributed by atoms with E-state index in [-0.39, 0.29) is 37.5 Å². The first kappa shape index (κ1) is 22.5. The first-order chi connectivity index (χ1) is 13.9. The minimum absolute atomic E-state index is 0.0700. The molecular weight excluding hydrogens is 376 g/mol. The molecule has 1 aliphatic rings. The van der Waals surface area contributed by atoms with Crippen LogP contribution in [0.1, 0.15) is 32.3 Å². The van der Waals surface area contributed by atoms with Crippen LogP contribution in [0.2, 0.25) is 0 Å². The minimum atomic E-state index is -0.750. The summed E-state index contributed by atoms with van der Waals surface area (Å²) in [6.07, 6.45) is 0.257. The van der Waals surface area contributed by atoms with Crippen molar-refractivity contribution in [3.05, 3.63) is 35.9 Å². The zero-order valence-electron chi connectivity index (χ0n) is 16.9. The number of nitrogens with one attached hydrogen (secondary N) is 3. The van der Waals surface area contributed by atoms with Crippen LogP contribution < -0.4 is 16.1 Å². The van der Waals surface area contributed by atoms with Gasteiger partial charge in [0.2, 0.25) is 5.91 Å². The molecule has 9 nitrogen and oxygen atoms in total. The summed E-state index contributed by atoms with van der Waals surface area (Å²) < 4.78 is 5.17. The molecule has 9 heteroatoms. The Morgan fingerprint density at radius 2 is 2.03 bits per heavy atom. The van der Waals surface area contributed by atoms with E-state index in [0.717, 1.165) is 10.6 Å². The van der Waals surface area contributed by atoms with Gasteiger partial charge in [0.15, 0.2) is 0 Å². The highest BCUT2D eigenvalue weighted by molar-refractivity contribution is 5.81. The normalized spacial score (nSPS) is 16.8. The number of hydrogen-bond acceptors (Lipinski definition) is 5. The average Bonchev–Trinajstić information content (AvgIpc) is 3.10. The van der Waals surface area contributed by atoms with Gasteiger partial charge in [-0.3, -0.25) is 4.79 Å². The van der Waals surface area contributed by atoms with Crippen LogP contribution in [0.3, 0.4) is 0 Å². The van der Waals surface area contributed by atoms with Crippen LogP contribution in [0.5, 0.6) is 0 Å². The molecule has 1 aliphatic heterocycles. The molecule has 29 heavy (non-hydrogen) atoms. The van der Waals surface area contributed by atoms with Gasteiger partial charge in [-0.2, -0.15) is 0 Å². The molecule has 2 rings (SSSR count). The molecule has 0 radical (unpaired) electrons. The van der Waals surface area contributed by atoms with Gasteiger partial charge >= 0.3 is 12.1 Å². The number of nitrogens with zero attached hydrogens (tertiary/aromatic N) is 1. The summed E-state index contributed by atoms with van der Waals surface area (Å²) >= 11 is 0. The fraction of sp³-hybridized carbons (Fsp3) is 0.550. The molecule has 1 aromatic carbocycles. The number of aliphatic hydroxyl groups excluding tert-OH is 1. The van der Waals surface area contributed by atoms with E-state index in [9.17, 15) is 19.5 Å². The largest absolute Gasteiger partial charge is 0.443 e. The fourth-order valence-corrected chi connectivity index (χ4v) is 3.06. The predicted molar refractivity (Wildman–Crippen MR) is 106 cm³/mol. The van der Waals surface area contributed by atoms with E-state index in [1.54, 1.807) is 0 Å². The SMILES string of the molecule is CC(C)CN(NC(=O)OCc1ccccc1)C(=O)NC(CO)CC1CCNC1=O. The Balaban J connectivity index is 1.89. The third-order valence-electron chi connectivity index (χ3n) is 4.51. The Bertz CT molecular complexity index is 683. The van der Waals surface area contributed by atoms with Gasteiger partial charge in [0.25, 0.3) is 0 Å².